The van der Waals surface area contributed by atoms with E-state index in [1.807, 2.05) is 72.8 Å². The molecule has 2 aliphatic heterocycles. The van der Waals surface area contributed by atoms with Crippen LogP contribution in [0.4, 0.5) is 11.4 Å². The van der Waals surface area contributed by atoms with Crippen molar-refractivity contribution in [1.82, 2.24) is 10.6 Å². The Labute approximate surface area is 232 Å². The Morgan fingerprint density at radius 2 is 1.00 bits per heavy atom. The predicted octanol–water partition coefficient (Wildman–Crippen LogP) is 4.47. The number of rotatable bonds is 6. The smallest absolute Gasteiger partial charge is 0.255 e. The zero-order valence-electron chi connectivity index (χ0n) is 21.0. The quantitative estimate of drug-likeness (QED) is 0.290. The lowest BCUT2D eigenvalue weighted by Gasteiger charge is -2.10. The fourth-order valence-corrected chi connectivity index (χ4v) is 4.54. The van der Waals surface area contributed by atoms with Crippen molar-refractivity contribution in [2.24, 2.45) is 9.98 Å². The van der Waals surface area contributed by atoms with Gasteiger partial charge >= 0.3 is 0 Å². The number of anilines is 2. The lowest BCUT2D eigenvalue weighted by atomic mass is 10.0. The average molecular weight is 539 g/mol. The number of hydrogen-bond acceptors (Lipinski definition) is 6. The number of carbonyl (C=O) groups is 2. The Morgan fingerprint density at radius 1 is 0.590 bits per heavy atom. The summed E-state index contributed by atoms with van der Waals surface area (Å²) in [6.07, 6.45) is 0. The molecule has 0 fully saturated rings. The molecule has 4 N–H and O–H groups in total. The van der Waals surface area contributed by atoms with Gasteiger partial charge in [-0.25, -0.2) is 0 Å². The van der Waals surface area contributed by atoms with E-state index in [9.17, 15) is 9.59 Å². The Balaban J connectivity index is 0.00000308. The van der Waals surface area contributed by atoms with Gasteiger partial charge in [-0.1, -0.05) is 12.1 Å². The van der Waals surface area contributed by atoms with Crippen LogP contribution in [0.3, 0.4) is 0 Å². The van der Waals surface area contributed by atoms with Crippen molar-refractivity contribution in [3.63, 3.8) is 0 Å². The molecule has 4 aromatic rings. The lowest BCUT2D eigenvalue weighted by Crippen LogP contribution is -2.19. The molecule has 0 saturated heterocycles. The standard InChI is InChI=1S/C30H26N6O2.ClH/c37-29(35-25-9-5-19(6-10-25)27-31-13-14-32-27)23-3-1-21-17-24(4-2-22(21)18-23)30(38)36-26-11-7-20(8-12-26)28-33-15-16-34-28;/h1-12,17-18H,13-16H2,(H,31,32)(H,33,34)(H,35,37)(H,36,38);1H. The highest BCUT2D eigenvalue weighted by Gasteiger charge is 2.13. The van der Waals surface area contributed by atoms with Gasteiger partial charge in [-0.05, 0) is 83.6 Å². The molecule has 2 amide bonds. The van der Waals surface area contributed by atoms with Crippen LogP contribution in [-0.4, -0.2) is 49.7 Å². The maximum atomic E-state index is 12.9. The second kappa shape index (κ2) is 11.4. The predicted molar refractivity (Wildman–Crippen MR) is 159 cm³/mol. The van der Waals surface area contributed by atoms with E-state index in [1.165, 1.54) is 0 Å². The summed E-state index contributed by atoms with van der Waals surface area (Å²) in [6.45, 7) is 3.27. The van der Waals surface area contributed by atoms with Crippen LogP contribution in [0, 0.1) is 0 Å². The normalized spacial score (nSPS) is 13.9. The van der Waals surface area contributed by atoms with Crippen molar-refractivity contribution in [2.45, 2.75) is 0 Å². The van der Waals surface area contributed by atoms with Crippen LogP contribution < -0.4 is 21.3 Å². The van der Waals surface area contributed by atoms with E-state index in [1.54, 1.807) is 12.1 Å². The van der Waals surface area contributed by atoms with Gasteiger partial charge in [-0.15, -0.1) is 12.4 Å². The van der Waals surface area contributed by atoms with Crippen LogP contribution in [0.15, 0.2) is 94.9 Å². The van der Waals surface area contributed by atoms with E-state index in [-0.39, 0.29) is 24.2 Å². The minimum absolute atomic E-state index is 0. The molecule has 2 aliphatic rings. The second-order valence-electron chi connectivity index (χ2n) is 9.15. The summed E-state index contributed by atoms with van der Waals surface area (Å²) in [4.78, 5) is 34.6. The maximum absolute atomic E-state index is 12.9. The molecular formula is C30H27ClN6O2. The van der Waals surface area contributed by atoms with Crippen molar-refractivity contribution < 1.29 is 9.59 Å². The number of nitrogens with zero attached hydrogens (tertiary/aromatic N) is 2. The van der Waals surface area contributed by atoms with Crippen LogP contribution >= 0.6 is 12.4 Å². The number of amides is 2. The first kappa shape index (κ1) is 25.9. The molecule has 6 rings (SSSR count). The van der Waals surface area contributed by atoms with Crippen LogP contribution in [0.1, 0.15) is 31.8 Å². The van der Waals surface area contributed by atoms with E-state index >= 15 is 0 Å². The molecule has 39 heavy (non-hydrogen) atoms. The largest absolute Gasteiger partial charge is 0.368 e. The van der Waals surface area contributed by atoms with Crippen molar-refractivity contribution in [3.05, 3.63) is 107 Å². The van der Waals surface area contributed by atoms with E-state index in [0.29, 0.717) is 22.5 Å². The summed E-state index contributed by atoms with van der Waals surface area (Å²) in [5.74, 6) is 1.38. The minimum Gasteiger partial charge on any atom is -0.368 e. The molecule has 0 saturated carbocycles. The first-order valence-corrected chi connectivity index (χ1v) is 12.6. The first-order valence-electron chi connectivity index (χ1n) is 12.6. The van der Waals surface area contributed by atoms with E-state index < -0.39 is 0 Å². The molecular weight excluding hydrogens is 512 g/mol. The highest BCUT2D eigenvalue weighted by Crippen LogP contribution is 2.21. The van der Waals surface area contributed by atoms with Gasteiger partial charge in [0.05, 0.1) is 13.1 Å². The zero-order chi connectivity index (χ0) is 25.9. The molecule has 9 heteroatoms. The van der Waals surface area contributed by atoms with Gasteiger partial charge in [-0.2, -0.15) is 0 Å². The summed E-state index contributed by atoms with van der Waals surface area (Å²) < 4.78 is 0. The Hall–Kier alpha value is -4.69. The average Bonchev–Trinajstić information content (AvgIpc) is 3.69. The number of aliphatic imine (C=N–C) groups is 2. The lowest BCUT2D eigenvalue weighted by molar-refractivity contribution is 0.101. The van der Waals surface area contributed by atoms with Crippen molar-refractivity contribution in [2.75, 3.05) is 36.8 Å². The monoisotopic (exact) mass is 538 g/mol. The summed E-state index contributed by atoms with van der Waals surface area (Å²) in [5.41, 5.74) is 4.51. The van der Waals surface area contributed by atoms with Gasteiger partial charge in [0.25, 0.3) is 11.8 Å². The number of halogens is 1. The summed E-state index contributed by atoms with van der Waals surface area (Å²) in [6, 6.07) is 26.2. The number of fused-ring (bicyclic) bond motifs is 1. The molecule has 4 aromatic carbocycles. The second-order valence-corrected chi connectivity index (χ2v) is 9.15. The van der Waals surface area contributed by atoms with Gasteiger partial charge < -0.3 is 21.3 Å². The van der Waals surface area contributed by atoms with E-state index in [0.717, 1.165) is 59.7 Å². The summed E-state index contributed by atoms with van der Waals surface area (Å²) >= 11 is 0. The minimum atomic E-state index is -0.194. The number of amidine groups is 2. The third-order valence-corrected chi connectivity index (χ3v) is 6.55. The van der Waals surface area contributed by atoms with Gasteiger partial charge in [0.1, 0.15) is 11.7 Å². The molecule has 0 aliphatic carbocycles. The topological polar surface area (TPSA) is 107 Å². The molecule has 0 radical (unpaired) electrons. The van der Waals surface area contributed by atoms with Crippen LogP contribution in [0.5, 0.6) is 0 Å². The van der Waals surface area contributed by atoms with Crippen molar-refractivity contribution in [3.8, 4) is 0 Å². The van der Waals surface area contributed by atoms with E-state index in [4.69, 9.17) is 0 Å². The van der Waals surface area contributed by atoms with Crippen molar-refractivity contribution >= 4 is 58.0 Å². The van der Waals surface area contributed by atoms with Gasteiger partial charge in [0.2, 0.25) is 0 Å². The maximum Gasteiger partial charge on any atom is 0.255 e. The molecule has 2 heterocycles. The number of nitrogens with one attached hydrogen (secondary N) is 4. The molecule has 0 atom stereocenters. The van der Waals surface area contributed by atoms with Gasteiger partial charge in [-0.3, -0.25) is 19.6 Å². The van der Waals surface area contributed by atoms with Crippen molar-refractivity contribution in [1.29, 1.82) is 0 Å². The SMILES string of the molecule is Cl.O=C(Nc1ccc(C2=NCCN2)cc1)c1ccc2cc(C(=O)Nc3ccc(C4=NCCN4)cc3)ccc2c1. The molecule has 8 nitrogen and oxygen atoms in total. The third kappa shape index (κ3) is 5.76. The highest BCUT2D eigenvalue weighted by molar-refractivity contribution is 6.09. The van der Waals surface area contributed by atoms with Gasteiger partial charge in [0, 0.05) is 46.7 Å². The molecule has 196 valence electrons. The summed E-state index contributed by atoms with van der Waals surface area (Å²) in [7, 11) is 0. The van der Waals surface area contributed by atoms with E-state index in [2.05, 4.69) is 31.3 Å². The van der Waals surface area contributed by atoms with Crippen LogP contribution in [0.2, 0.25) is 0 Å². The first-order chi connectivity index (χ1) is 18.6. The molecule has 0 spiro atoms. The van der Waals surface area contributed by atoms with Gasteiger partial charge in [0.15, 0.2) is 0 Å². The summed E-state index contributed by atoms with van der Waals surface area (Å²) in [5, 5.41) is 14.1. The Morgan fingerprint density at radius 3 is 1.36 bits per heavy atom. The number of carbonyl (C=O) groups excluding carboxylic acids is 2. The fraction of sp³-hybridized carbons (Fsp3) is 0.133. The third-order valence-electron chi connectivity index (χ3n) is 6.55. The van der Waals surface area contributed by atoms with Crippen LogP contribution in [0.25, 0.3) is 10.8 Å². The number of benzene rings is 4. The molecule has 0 aromatic heterocycles. The highest BCUT2D eigenvalue weighted by atomic mass is 35.5. The molecule has 0 bridgehead atoms. The zero-order valence-corrected chi connectivity index (χ0v) is 21.8. The Bertz CT molecular complexity index is 1480. The Kier molecular flexibility index (Phi) is 7.56. The van der Waals surface area contributed by atoms with Crippen LogP contribution in [-0.2, 0) is 0 Å². The molecule has 0 unspecified atom stereocenters. The number of hydrogen-bond donors (Lipinski definition) is 4. The fourth-order valence-electron chi connectivity index (χ4n) is 4.54.